The van der Waals surface area contributed by atoms with E-state index in [4.69, 9.17) is 4.12 Å². The molecule has 4 aromatic carbocycles. The molecule has 4 aromatic rings. The molecule has 0 fully saturated rings. The van der Waals surface area contributed by atoms with Gasteiger partial charge in [0.2, 0.25) is 18.1 Å². The van der Waals surface area contributed by atoms with Crippen LogP contribution in [0.25, 0.3) is 0 Å². The topological polar surface area (TPSA) is 9.23 Å². The van der Waals surface area contributed by atoms with Crippen molar-refractivity contribution in [2.45, 2.75) is 13.8 Å². The maximum absolute atomic E-state index is 7.15. The summed E-state index contributed by atoms with van der Waals surface area (Å²) >= 11 is 0. The second-order valence-corrected chi connectivity index (χ2v) is 12.8. The van der Waals surface area contributed by atoms with Gasteiger partial charge in [-0.25, -0.2) is 0 Å². The van der Waals surface area contributed by atoms with Crippen LogP contribution < -0.4 is 20.7 Å². The summed E-state index contributed by atoms with van der Waals surface area (Å²) in [6.45, 7) is 4.27. The molecular weight excluding hydrogens is 384 g/mol. The van der Waals surface area contributed by atoms with Crippen LogP contribution in [0.4, 0.5) is 0 Å². The quantitative estimate of drug-likeness (QED) is 0.444. The second-order valence-electron chi connectivity index (χ2n) is 7.54. The average Bonchev–Trinajstić information content (AvgIpc) is 2.77. The van der Waals surface area contributed by atoms with Crippen molar-refractivity contribution in [3.8, 4) is 0 Å². The SMILES string of the molecule is Cc1ccc([SiH](O[SiH](c2ccccc2)c2ccc(C)cc2)c2ccccc2)cc1. The van der Waals surface area contributed by atoms with Crippen LogP contribution >= 0.6 is 0 Å². The molecule has 29 heavy (non-hydrogen) atoms. The molecule has 0 aliphatic rings. The Kier molecular flexibility index (Phi) is 6.20. The third kappa shape index (κ3) is 4.82. The Bertz CT molecular complexity index is 943. The highest BCUT2D eigenvalue weighted by molar-refractivity contribution is 6.91. The van der Waals surface area contributed by atoms with E-state index in [9.17, 15) is 0 Å². The Labute approximate surface area is 177 Å². The molecule has 2 atom stereocenters. The predicted octanol–water partition coefficient (Wildman–Crippen LogP) is 2.70. The van der Waals surface area contributed by atoms with E-state index < -0.39 is 18.1 Å². The summed E-state index contributed by atoms with van der Waals surface area (Å²) in [5.74, 6) is 0. The van der Waals surface area contributed by atoms with Crippen molar-refractivity contribution in [3.05, 3.63) is 120 Å². The van der Waals surface area contributed by atoms with E-state index >= 15 is 0 Å². The number of hydrogen-bond donors (Lipinski definition) is 0. The van der Waals surface area contributed by atoms with Gasteiger partial charge in [-0.2, -0.15) is 0 Å². The molecule has 1 nitrogen and oxygen atoms in total. The summed E-state index contributed by atoms with van der Waals surface area (Å²) in [7, 11) is -3.64. The van der Waals surface area contributed by atoms with Crippen molar-refractivity contribution < 1.29 is 4.12 Å². The smallest absolute Gasteiger partial charge is 0.228 e. The number of aryl methyl sites for hydroxylation is 2. The summed E-state index contributed by atoms with van der Waals surface area (Å²) < 4.78 is 7.15. The molecule has 0 aromatic heterocycles. The van der Waals surface area contributed by atoms with Crippen LogP contribution in [0.2, 0.25) is 0 Å². The van der Waals surface area contributed by atoms with Crippen LogP contribution in [-0.4, -0.2) is 18.1 Å². The van der Waals surface area contributed by atoms with E-state index in [0.29, 0.717) is 0 Å². The Morgan fingerprint density at radius 2 is 0.724 bits per heavy atom. The lowest BCUT2D eigenvalue weighted by Gasteiger charge is -2.25. The predicted molar refractivity (Wildman–Crippen MR) is 129 cm³/mol. The van der Waals surface area contributed by atoms with Gasteiger partial charge in [-0.05, 0) is 34.6 Å². The van der Waals surface area contributed by atoms with E-state index in [1.807, 2.05) is 0 Å². The zero-order chi connectivity index (χ0) is 20.1. The van der Waals surface area contributed by atoms with Crippen molar-refractivity contribution in [1.29, 1.82) is 0 Å². The Balaban J connectivity index is 1.77. The van der Waals surface area contributed by atoms with Gasteiger partial charge in [-0.3, -0.25) is 0 Å². The van der Waals surface area contributed by atoms with Gasteiger partial charge in [0.25, 0.3) is 0 Å². The van der Waals surface area contributed by atoms with Gasteiger partial charge in [0.1, 0.15) is 0 Å². The third-order valence-corrected chi connectivity index (χ3v) is 11.4. The number of rotatable bonds is 6. The van der Waals surface area contributed by atoms with Crippen molar-refractivity contribution in [3.63, 3.8) is 0 Å². The summed E-state index contributed by atoms with van der Waals surface area (Å²) in [4.78, 5) is 0. The fourth-order valence-electron chi connectivity index (χ4n) is 3.57. The molecule has 0 saturated carbocycles. The van der Waals surface area contributed by atoms with Crippen molar-refractivity contribution in [2.75, 3.05) is 0 Å². The molecule has 0 bridgehead atoms. The maximum Gasteiger partial charge on any atom is 0.228 e. The van der Waals surface area contributed by atoms with Crippen LogP contribution in [-0.2, 0) is 4.12 Å². The van der Waals surface area contributed by atoms with E-state index in [1.54, 1.807) is 0 Å². The Morgan fingerprint density at radius 3 is 1.07 bits per heavy atom. The molecule has 3 heteroatoms. The van der Waals surface area contributed by atoms with Gasteiger partial charge in [0, 0.05) is 0 Å². The summed E-state index contributed by atoms with van der Waals surface area (Å²) in [5.41, 5.74) is 2.56. The van der Waals surface area contributed by atoms with Gasteiger partial charge in [0.15, 0.2) is 0 Å². The fraction of sp³-hybridized carbons (Fsp3) is 0.0769. The number of hydrogen-bond acceptors (Lipinski definition) is 1. The highest BCUT2D eigenvalue weighted by Crippen LogP contribution is 2.03. The molecule has 4 rings (SSSR count). The molecule has 0 radical (unpaired) electrons. The zero-order valence-electron chi connectivity index (χ0n) is 17.0. The first kappa shape index (κ1) is 19.6. The minimum atomic E-state index is -1.82. The lowest BCUT2D eigenvalue weighted by molar-refractivity contribution is 0.633. The summed E-state index contributed by atoms with van der Waals surface area (Å²) in [5, 5.41) is 5.33. The van der Waals surface area contributed by atoms with Crippen LogP contribution in [0.1, 0.15) is 11.1 Å². The van der Waals surface area contributed by atoms with Crippen molar-refractivity contribution >= 4 is 38.8 Å². The average molecular weight is 411 g/mol. The van der Waals surface area contributed by atoms with Crippen LogP contribution in [0.15, 0.2) is 109 Å². The van der Waals surface area contributed by atoms with Gasteiger partial charge >= 0.3 is 0 Å². The highest BCUT2D eigenvalue weighted by atomic mass is 28.4. The standard InChI is InChI=1S/C26H26OSi2/c1-21-13-17-25(18-14-21)28(23-9-5-3-6-10-23)27-29(24-11-7-4-8-12-24)26-19-15-22(2)16-20-26/h3-20,28-29H,1-2H3. The molecule has 0 amide bonds. The van der Waals surface area contributed by atoms with E-state index in [-0.39, 0.29) is 0 Å². The molecule has 0 aliphatic carbocycles. The van der Waals surface area contributed by atoms with Crippen LogP contribution in [0.3, 0.4) is 0 Å². The molecule has 0 heterocycles. The second kappa shape index (κ2) is 9.18. The first-order chi connectivity index (χ1) is 14.2. The molecule has 0 spiro atoms. The molecule has 0 saturated heterocycles. The van der Waals surface area contributed by atoms with E-state index in [2.05, 4.69) is 123 Å². The fourth-order valence-corrected chi connectivity index (χ4v) is 10.2. The van der Waals surface area contributed by atoms with Crippen LogP contribution in [0.5, 0.6) is 0 Å². The third-order valence-electron chi connectivity index (χ3n) is 5.24. The molecule has 144 valence electrons. The molecular formula is C26H26OSi2. The summed E-state index contributed by atoms with van der Waals surface area (Å²) in [6.07, 6.45) is 0. The first-order valence-electron chi connectivity index (χ1n) is 10.1. The maximum atomic E-state index is 7.15. The van der Waals surface area contributed by atoms with Gasteiger partial charge in [-0.15, -0.1) is 0 Å². The van der Waals surface area contributed by atoms with E-state index in [1.165, 1.54) is 31.9 Å². The lowest BCUT2D eigenvalue weighted by atomic mass is 10.2. The van der Waals surface area contributed by atoms with E-state index in [0.717, 1.165) is 0 Å². The van der Waals surface area contributed by atoms with Crippen molar-refractivity contribution in [2.24, 2.45) is 0 Å². The molecule has 0 aliphatic heterocycles. The normalized spacial score (nSPS) is 13.0. The minimum Gasteiger partial charge on any atom is -0.446 e. The number of benzene rings is 4. The zero-order valence-corrected chi connectivity index (χ0v) is 19.3. The van der Waals surface area contributed by atoms with Gasteiger partial charge in [0.05, 0.1) is 0 Å². The van der Waals surface area contributed by atoms with Crippen molar-refractivity contribution in [1.82, 2.24) is 0 Å². The first-order valence-corrected chi connectivity index (χ1v) is 13.3. The van der Waals surface area contributed by atoms with Gasteiger partial charge in [-0.1, -0.05) is 120 Å². The minimum absolute atomic E-state index is 1.28. The van der Waals surface area contributed by atoms with Gasteiger partial charge < -0.3 is 4.12 Å². The molecule has 0 N–H and O–H groups in total. The monoisotopic (exact) mass is 410 g/mol. The summed E-state index contributed by atoms with van der Waals surface area (Å²) in [6, 6.07) is 39.4. The lowest BCUT2D eigenvalue weighted by Crippen LogP contribution is -2.55. The van der Waals surface area contributed by atoms with Crippen LogP contribution in [0, 0.1) is 13.8 Å². The Hall–Kier alpha value is -2.73. The molecule has 2 unspecified atom stereocenters. The Morgan fingerprint density at radius 1 is 0.414 bits per heavy atom. The highest BCUT2D eigenvalue weighted by Gasteiger charge is 2.26. The largest absolute Gasteiger partial charge is 0.446 e.